The molecule has 0 atom stereocenters. The number of carbonyl (C=O) groups is 1. The van der Waals surface area contributed by atoms with Gasteiger partial charge in [-0.3, -0.25) is 9.69 Å². The first-order chi connectivity index (χ1) is 8.57. The Kier molecular flexibility index (Phi) is 4.19. The van der Waals surface area contributed by atoms with Crippen LogP contribution in [0.5, 0.6) is 0 Å². The fourth-order valence-corrected chi connectivity index (χ4v) is 2.97. The first-order valence-corrected chi connectivity index (χ1v) is 7.15. The van der Waals surface area contributed by atoms with Crippen LogP contribution in [0, 0.1) is 5.41 Å². The molecule has 18 heavy (non-hydrogen) atoms. The molecule has 0 spiro atoms. The van der Waals surface area contributed by atoms with E-state index in [4.69, 9.17) is 11.6 Å². The second-order valence-corrected chi connectivity index (χ2v) is 6.06. The number of nitrogens with zero attached hydrogens (tertiary/aromatic N) is 3. The van der Waals surface area contributed by atoms with Crippen LogP contribution in [-0.2, 0) is 11.3 Å². The Hall–Kier alpha value is -0.720. The van der Waals surface area contributed by atoms with Gasteiger partial charge in [0.2, 0.25) is 0 Å². The van der Waals surface area contributed by atoms with Crippen molar-refractivity contribution in [1.29, 1.82) is 0 Å². The van der Waals surface area contributed by atoms with E-state index in [1.165, 1.54) is 11.5 Å². The molecule has 0 radical (unpaired) electrons. The molecule has 0 aliphatic carbocycles. The summed E-state index contributed by atoms with van der Waals surface area (Å²) in [7, 11) is 0. The Labute approximate surface area is 115 Å². The average molecular weight is 290 g/mol. The van der Waals surface area contributed by atoms with Crippen LogP contribution < -0.4 is 0 Å². The van der Waals surface area contributed by atoms with Crippen LogP contribution in [-0.4, -0.2) is 38.7 Å². The number of carboxylic acid groups (broad SMARTS) is 1. The van der Waals surface area contributed by atoms with Gasteiger partial charge in [-0.05, 0) is 32.4 Å². The summed E-state index contributed by atoms with van der Waals surface area (Å²) >= 11 is 7.15. The second-order valence-electron chi connectivity index (χ2n) is 4.71. The molecule has 0 aromatic carbocycles. The van der Waals surface area contributed by atoms with E-state index in [1.807, 2.05) is 6.92 Å². The topological polar surface area (TPSA) is 66.3 Å². The molecule has 1 N–H and O–H groups in total. The van der Waals surface area contributed by atoms with Crippen LogP contribution in [0.4, 0.5) is 0 Å². The van der Waals surface area contributed by atoms with E-state index in [9.17, 15) is 9.90 Å². The van der Waals surface area contributed by atoms with Crippen molar-refractivity contribution in [2.75, 3.05) is 13.1 Å². The summed E-state index contributed by atoms with van der Waals surface area (Å²) in [5.41, 5.74) is 0.252. The van der Waals surface area contributed by atoms with Crippen molar-refractivity contribution in [3.05, 3.63) is 10.0 Å². The number of carboxylic acids is 1. The van der Waals surface area contributed by atoms with Crippen LogP contribution in [0.15, 0.2) is 0 Å². The Morgan fingerprint density at radius 3 is 2.67 bits per heavy atom. The molecule has 1 aromatic rings. The first kappa shape index (κ1) is 13.7. The highest BCUT2D eigenvalue weighted by Crippen LogP contribution is 2.35. The molecule has 1 aromatic heterocycles. The minimum atomic E-state index is -0.669. The maximum atomic E-state index is 11.3. The summed E-state index contributed by atoms with van der Waals surface area (Å²) < 4.78 is 4.42. The Morgan fingerprint density at radius 2 is 2.22 bits per heavy atom. The van der Waals surface area contributed by atoms with Gasteiger partial charge in [0, 0.05) is 18.1 Å². The summed E-state index contributed by atoms with van der Waals surface area (Å²) in [6.07, 6.45) is 2.07. The number of rotatable bonds is 4. The summed E-state index contributed by atoms with van der Waals surface area (Å²) in [6.45, 7) is 4.15. The molecule has 0 unspecified atom stereocenters. The highest BCUT2D eigenvalue weighted by Gasteiger charge is 2.39. The monoisotopic (exact) mass is 289 g/mol. The molecule has 7 heteroatoms. The second kappa shape index (κ2) is 5.50. The molecule has 100 valence electrons. The summed E-state index contributed by atoms with van der Waals surface area (Å²) in [4.78, 5) is 13.5. The zero-order chi connectivity index (χ0) is 13.2. The molecule has 1 aliphatic heterocycles. The average Bonchev–Trinajstić information content (AvgIpc) is 2.76. The largest absolute Gasteiger partial charge is 0.481 e. The molecule has 1 fully saturated rings. The van der Waals surface area contributed by atoms with Gasteiger partial charge in [0.05, 0.1) is 5.41 Å². The third-order valence-electron chi connectivity index (χ3n) is 3.83. The van der Waals surface area contributed by atoms with Crippen molar-refractivity contribution in [2.24, 2.45) is 5.41 Å². The molecule has 0 saturated carbocycles. The number of aliphatic carboxylic acids is 1. The lowest BCUT2D eigenvalue weighted by Gasteiger charge is -2.38. The fraction of sp³-hybridized carbons (Fsp3) is 0.727. The Bertz CT molecular complexity index is 430. The Balaban J connectivity index is 1.94. The highest BCUT2D eigenvalue weighted by molar-refractivity contribution is 7.10. The SMILES string of the molecule is CCC1(C(=O)O)CCN(Cc2nnsc2Cl)CC1. The lowest BCUT2D eigenvalue weighted by Crippen LogP contribution is -2.43. The van der Waals surface area contributed by atoms with E-state index in [0.29, 0.717) is 30.1 Å². The maximum absolute atomic E-state index is 11.3. The summed E-state index contributed by atoms with van der Waals surface area (Å²) in [5.74, 6) is -0.669. The lowest BCUT2D eigenvalue weighted by molar-refractivity contribution is -0.152. The number of hydrogen-bond acceptors (Lipinski definition) is 5. The zero-order valence-electron chi connectivity index (χ0n) is 10.2. The van der Waals surface area contributed by atoms with Crippen LogP contribution in [0.1, 0.15) is 31.9 Å². The highest BCUT2D eigenvalue weighted by atomic mass is 35.5. The van der Waals surface area contributed by atoms with Crippen molar-refractivity contribution in [3.8, 4) is 0 Å². The van der Waals surface area contributed by atoms with E-state index in [1.54, 1.807) is 0 Å². The van der Waals surface area contributed by atoms with Gasteiger partial charge < -0.3 is 5.11 Å². The number of piperidine rings is 1. The van der Waals surface area contributed by atoms with Crippen molar-refractivity contribution in [2.45, 2.75) is 32.7 Å². The number of hydrogen-bond donors (Lipinski definition) is 1. The zero-order valence-corrected chi connectivity index (χ0v) is 11.8. The standard InChI is InChI=1S/C11H16ClN3O2S/c1-2-11(10(16)17)3-5-15(6-4-11)7-8-9(12)18-14-13-8/h2-7H2,1H3,(H,16,17). The number of aromatic nitrogens is 2. The van der Waals surface area contributed by atoms with Gasteiger partial charge in [0.25, 0.3) is 0 Å². The number of halogens is 1. The van der Waals surface area contributed by atoms with Crippen LogP contribution in [0.3, 0.4) is 0 Å². The minimum absolute atomic E-state index is 0.541. The predicted molar refractivity (Wildman–Crippen MR) is 69.8 cm³/mol. The third kappa shape index (κ3) is 2.65. The van der Waals surface area contributed by atoms with Crippen molar-refractivity contribution < 1.29 is 9.90 Å². The molecule has 1 saturated heterocycles. The molecule has 0 amide bonds. The van der Waals surface area contributed by atoms with E-state index in [-0.39, 0.29) is 0 Å². The lowest BCUT2D eigenvalue weighted by atomic mass is 9.76. The molecule has 0 bridgehead atoms. The van der Waals surface area contributed by atoms with Gasteiger partial charge in [-0.1, -0.05) is 23.0 Å². The molecule has 5 nitrogen and oxygen atoms in total. The van der Waals surface area contributed by atoms with Gasteiger partial charge in [0.1, 0.15) is 10.0 Å². The van der Waals surface area contributed by atoms with Crippen molar-refractivity contribution in [3.63, 3.8) is 0 Å². The van der Waals surface area contributed by atoms with Gasteiger partial charge in [-0.15, -0.1) is 5.10 Å². The predicted octanol–water partition coefficient (Wildman–Crippen LogP) is 2.27. The van der Waals surface area contributed by atoms with Gasteiger partial charge in [-0.25, -0.2) is 0 Å². The van der Waals surface area contributed by atoms with Gasteiger partial charge in [-0.2, -0.15) is 0 Å². The molecule has 2 heterocycles. The molecule has 2 rings (SSSR count). The summed E-state index contributed by atoms with van der Waals surface area (Å²) in [5, 5.41) is 13.3. The normalized spacial score (nSPS) is 19.9. The van der Waals surface area contributed by atoms with E-state index in [2.05, 4.69) is 14.5 Å². The van der Waals surface area contributed by atoms with Crippen molar-refractivity contribution >= 4 is 29.1 Å². The smallest absolute Gasteiger partial charge is 0.309 e. The van der Waals surface area contributed by atoms with Crippen molar-refractivity contribution in [1.82, 2.24) is 14.5 Å². The van der Waals surface area contributed by atoms with E-state index < -0.39 is 11.4 Å². The maximum Gasteiger partial charge on any atom is 0.309 e. The van der Waals surface area contributed by atoms with Crippen LogP contribution in [0.25, 0.3) is 0 Å². The quantitative estimate of drug-likeness (QED) is 0.921. The van der Waals surface area contributed by atoms with Gasteiger partial charge >= 0.3 is 5.97 Å². The fourth-order valence-electron chi connectivity index (χ4n) is 2.36. The molecular weight excluding hydrogens is 274 g/mol. The summed E-state index contributed by atoms with van der Waals surface area (Å²) in [6, 6.07) is 0. The molecule has 1 aliphatic rings. The first-order valence-electron chi connectivity index (χ1n) is 6.00. The van der Waals surface area contributed by atoms with E-state index >= 15 is 0 Å². The Morgan fingerprint density at radius 1 is 1.56 bits per heavy atom. The minimum Gasteiger partial charge on any atom is -0.481 e. The third-order valence-corrected chi connectivity index (χ3v) is 4.81. The van der Waals surface area contributed by atoms with Crippen LogP contribution in [0.2, 0.25) is 4.34 Å². The van der Waals surface area contributed by atoms with Crippen LogP contribution >= 0.6 is 23.1 Å². The van der Waals surface area contributed by atoms with E-state index in [0.717, 1.165) is 18.8 Å². The molecular formula is C11H16ClN3O2S. The number of likely N-dealkylation sites (tertiary alicyclic amines) is 1. The van der Waals surface area contributed by atoms with Gasteiger partial charge in [0.15, 0.2) is 0 Å².